The summed E-state index contributed by atoms with van der Waals surface area (Å²) in [4.78, 5) is 0. The molecule has 32 heavy (non-hydrogen) atoms. The second-order valence-corrected chi connectivity index (χ2v) is 7.47. The fourth-order valence-electron chi connectivity index (χ4n) is 3.51. The van der Waals surface area contributed by atoms with Crippen LogP contribution < -0.4 is 14.9 Å². The summed E-state index contributed by atoms with van der Waals surface area (Å²) in [5.74, 6) is 1.32. The van der Waals surface area contributed by atoms with Crippen LogP contribution in [0.3, 0.4) is 0 Å². The normalized spacial score (nSPS) is 11.0. The van der Waals surface area contributed by atoms with E-state index < -0.39 is 0 Å². The van der Waals surface area contributed by atoms with Gasteiger partial charge in [-0.3, -0.25) is 5.43 Å². The van der Waals surface area contributed by atoms with Crippen LogP contribution in [0.1, 0.15) is 16.7 Å². The van der Waals surface area contributed by atoms with Crippen LogP contribution >= 0.6 is 0 Å². The van der Waals surface area contributed by atoms with E-state index in [2.05, 4.69) is 36.5 Å². The van der Waals surface area contributed by atoms with Crippen LogP contribution in [0.5, 0.6) is 11.5 Å². The van der Waals surface area contributed by atoms with Crippen LogP contribution in [0.4, 0.5) is 5.69 Å². The van der Waals surface area contributed by atoms with E-state index in [-0.39, 0.29) is 0 Å². The highest BCUT2D eigenvalue weighted by Crippen LogP contribution is 2.33. The molecule has 0 atom stereocenters. The molecule has 0 bridgehead atoms. The Morgan fingerprint density at radius 1 is 0.906 bits per heavy atom. The molecule has 1 heterocycles. The number of methoxy groups -OCH3 is 2. The van der Waals surface area contributed by atoms with Crippen molar-refractivity contribution < 1.29 is 9.47 Å². The van der Waals surface area contributed by atoms with Crippen molar-refractivity contribution in [3.8, 4) is 28.4 Å². The molecule has 0 saturated carbocycles. The molecular formula is C26H26N4O2. The quantitative estimate of drug-likeness (QED) is 0.308. The van der Waals surface area contributed by atoms with Crippen LogP contribution in [-0.4, -0.2) is 30.2 Å². The number of hydrazone groups is 1. The Morgan fingerprint density at radius 3 is 2.41 bits per heavy atom. The number of hydrogen-bond acceptors (Lipinski definition) is 5. The number of para-hydroxylation sites is 1. The molecule has 0 unspecified atom stereocenters. The number of nitrogens with zero attached hydrogens (tertiary/aromatic N) is 3. The predicted octanol–water partition coefficient (Wildman–Crippen LogP) is 5.62. The lowest BCUT2D eigenvalue weighted by atomic mass is 10.1. The minimum atomic E-state index is 0.649. The van der Waals surface area contributed by atoms with E-state index in [0.29, 0.717) is 11.5 Å². The monoisotopic (exact) mass is 426 g/mol. The highest BCUT2D eigenvalue weighted by Gasteiger charge is 2.14. The standard InChI is InChI=1S/C26H26N4O2/c1-18-10-12-23(19(2)14-18)28-27-16-21-17-30(22-8-6-5-7-9-22)29-26(21)20-11-13-24(31-3)25(15-20)32-4/h5-17,28H,1-4H3. The third-order valence-electron chi connectivity index (χ3n) is 5.19. The topological polar surface area (TPSA) is 60.7 Å². The average molecular weight is 427 g/mol. The first kappa shape index (κ1) is 21.2. The molecule has 0 spiro atoms. The minimum absolute atomic E-state index is 0.649. The maximum atomic E-state index is 5.49. The highest BCUT2D eigenvalue weighted by molar-refractivity contribution is 5.89. The summed E-state index contributed by atoms with van der Waals surface area (Å²) < 4.78 is 12.7. The molecule has 1 N–H and O–H groups in total. The number of hydrogen-bond donors (Lipinski definition) is 1. The van der Waals surface area contributed by atoms with E-state index in [1.165, 1.54) is 5.56 Å². The largest absolute Gasteiger partial charge is 0.493 e. The maximum absolute atomic E-state index is 5.49. The van der Waals surface area contributed by atoms with Gasteiger partial charge in [0.1, 0.15) is 5.69 Å². The van der Waals surface area contributed by atoms with E-state index in [1.807, 2.05) is 65.5 Å². The minimum Gasteiger partial charge on any atom is -0.493 e. The van der Waals surface area contributed by atoms with Gasteiger partial charge < -0.3 is 9.47 Å². The Labute approximate surface area is 188 Å². The molecule has 0 aliphatic heterocycles. The number of anilines is 1. The molecule has 6 nitrogen and oxygen atoms in total. The third-order valence-corrected chi connectivity index (χ3v) is 5.19. The number of rotatable bonds is 7. The summed E-state index contributed by atoms with van der Waals surface area (Å²) in [5, 5.41) is 9.33. The first-order chi connectivity index (χ1) is 15.6. The van der Waals surface area contributed by atoms with Gasteiger partial charge in [0.25, 0.3) is 0 Å². The summed E-state index contributed by atoms with van der Waals surface area (Å²) in [6, 6.07) is 22.0. The average Bonchev–Trinajstić information content (AvgIpc) is 3.25. The number of benzene rings is 3. The van der Waals surface area contributed by atoms with Crippen molar-refractivity contribution in [1.29, 1.82) is 0 Å². The molecule has 0 radical (unpaired) electrons. The molecular weight excluding hydrogens is 400 g/mol. The second kappa shape index (κ2) is 9.39. The van der Waals surface area contributed by atoms with Crippen molar-refractivity contribution in [3.63, 3.8) is 0 Å². The molecule has 0 fully saturated rings. The Hall–Kier alpha value is -4.06. The zero-order chi connectivity index (χ0) is 22.5. The zero-order valence-corrected chi connectivity index (χ0v) is 18.7. The van der Waals surface area contributed by atoms with Gasteiger partial charge in [-0.1, -0.05) is 35.9 Å². The van der Waals surface area contributed by atoms with Crippen molar-refractivity contribution in [2.24, 2.45) is 5.10 Å². The summed E-state index contributed by atoms with van der Waals surface area (Å²) in [6.07, 6.45) is 3.76. The lowest BCUT2D eigenvalue weighted by Crippen LogP contribution is -1.95. The highest BCUT2D eigenvalue weighted by atomic mass is 16.5. The first-order valence-electron chi connectivity index (χ1n) is 10.3. The Bertz CT molecular complexity index is 1250. The van der Waals surface area contributed by atoms with Crippen molar-refractivity contribution in [3.05, 3.63) is 89.6 Å². The number of aryl methyl sites for hydroxylation is 2. The molecule has 6 heteroatoms. The van der Waals surface area contributed by atoms with E-state index in [0.717, 1.165) is 33.8 Å². The van der Waals surface area contributed by atoms with E-state index in [4.69, 9.17) is 14.6 Å². The molecule has 3 aromatic carbocycles. The molecule has 1 aromatic heterocycles. The summed E-state index contributed by atoms with van der Waals surface area (Å²) in [7, 11) is 3.25. The van der Waals surface area contributed by atoms with Crippen molar-refractivity contribution >= 4 is 11.9 Å². The number of nitrogens with one attached hydrogen (secondary N) is 1. The molecule has 0 aliphatic carbocycles. The fraction of sp³-hybridized carbons (Fsp3) is 0.154. The Kier molecular flexibility index (Phi) is 6.22. The van der Waals surface area contributed by atoms with Crippen LogP contribution in [0.25, 0.3) is 16.9 Å². The van der Waals surface area contributed by atoms with Gasteiger partial charge in [-0.15, -0.1) is 0 Å². The van der Waals surface area contributed by atoms with Gasteiger partial charge in [0.2, 0.25) is 0 Å². The first-order valence-corrected chi connectivity index (χ1v) is 10.3. The van der Waals surface area contributed by atoms with Crippen molar-refractivity contribution in [2.45, 2.75) is 13.8 Å². The SMILES string of the molecule is COc1ccc(-c2nn(-c3ccccc3)cc2C=NNc2ccc(C)cc2C)cc1OC. The predicted molar refractivity (Wildman–Crippen MR) is 129 cm³/mol. The molecule has 4 aromatic rings. The summed E-state index contributed by atoms with van der Waals surface area (Å²) in [6.45, 7) is 4.14. The molecule has 162 valence electrons. The lowest BCUT2D eigenvalue weighted by Gasteiger charge is -2.09. The number of aromatic nitrogens is 2. The Balaban J connectivity index is 1.72. The van der Waals surface area contributed by atoms with Gasteiger partial charge in [0.05, 0.1) is 31.8 Å². The van der Waals surface area contributed by atoms with Gasteiger partial charge in [0, 0.05) is 17.3 Å². The van der Waals surface area contributed by atoms with Crippen molar-refractivity contribution in [2.75, 3.05) is 19.6 Å². The molecule has 4 rings (SSSR count). The molecule has 0 aliphatic rings. The van der Waals surface area contributed by atoms with Crippen molar-refractivity contribution in [1.82, 2.24) is 9.78 Å². The summed E-state index contributed by atoms with van der Waals surface area (Å²) >= 11 is 0. The molecule has 0 saturated heterocycles. The third kappa shape index (κ3) is 4.49. The van der Waals surface area contributed by atoms with Crippen LogP contribution in [0.2, 0.25) is 0 Å². The fourth-order valence-corrected chi connectivity index (χ4v) is 3.51. The number of ether oxygens (including phenoxy) is 2. The van der Waals surface area contributed by atoms with Crippen LogP contribution in [-0.2, 0) is 0 Å². The van der Waals surface area contributed by atoms with Crippen LogP contribution in [0, 0.1) is 13.8 Å². The van der Waals surface area contributed by atoms with E-state index in [1.54, 1.807) is 20.4 Å². The summed E-state index contributed by atoms with van der Waals surface area (Å²) in [5.41, 5.74) is 10.0. The van der Waals surface area contributed by atoms with Gasteiger partial charge in [-0.05, 0) is 55.8 Å². The van der Waals surface area contributed by atoms with Gasteiger partial charge in [0.15, 0.2) is 11.5 Å². The van der Waals surface area contributed by atoms with Gasteiger partial charge >= 0.3 is 0 Å². The van der Waals surface area contributed by atoms with Gasteiger partial charge in [-0.25, -0.2) is 4.68 Å². The lowest BCUT2D eigenvalue weighted by molar-refractivity contribution is 0.355. The Morgan fingerprint density at radius 2 is 1.69 bits per heavy atom. The smallest absolute Gasteiger partial charge is 0.161 e. The van der Waals surface area contributed by atoms with Crippen LogP contribution in [0.15, 0.2) is 78.0 Å². The zero-order valence-electron chi connectivity index (χ0n) is 18.7. The maximum Gasteiger partial charge on any atom is 0.161 e. The van der Waals surface area contributed by atoms with E-state index >= 15 is 0 Å². The van der Waals surface area contributed by atoms with Gasteiger partial charge in [-0.2, -0.15) is 10.2 Å². The molecule has 0 amide bonds. The second-order valence-electron chi connectivity index (χ2n) is 7.47. The van der Waals surface area contributed by atoms with E-state index in [9.17, 15) is 0 Å².